The van der Waals surface area contributed by atoms with Gasteiger partial charge in [-0.1, -0.05) is 20.8 Å². The van der Waals surface area contributed by atoms with Crippen LogP contribution in [0.2, 0.25) is 0 Å². The summed E-state index contributed by atoms with van der Waals surface area (Å²) in [6, 6.07) is 0. The lowest BCUT2D eigenvalue weighted by Gasteiger charge is -2.34. The van der Waals surface area contributed by atoms with Crippen LogP contribution in [0.4, 0.5) is 0 Å². The van der Waals surface area contributed by atoms with Crippen LogP contribution in [-0.4, -0.2) is 54.3 Å². The maximum atomic E-state index is 12.5. The second-order valence-electron chi connectivity index (χ2n) is 5.69. The van der Waals surface area contributed by atoms with Crippen molar-refractivity contribution in [1.29, 1.82) is 0 Å². The predicted octanol–water partition coefficient (Wildman–Crippen LogP) is 1.01. The van der Waals surface area contributed by atoms with Gasteiger partial charge < -0.3 is 5.11 Å². The quantitative estimate of drug-likeness (QED) is 0.792. The molecule has 0 aromatic carbocycles. The van der Waals surface area contributed by atoms with E-state index in [2.05, 4.69) is 0 Å². The number of carboxylic acids is 1. The van der Waals surface area contributed by atoms with E-state index in [1.807, 2.05) is 20.8 Å². The van der Waals surface area contributed by atoms with E-state index in [0.717, 1.165) is 17.1 Å². The molecule has 1 N–H and O–H groups in total. The van der Waals surface area contributed by atoms with E-state index in [1.54, 1.807) is 0 Å². The van der Waals surface area contributed by atoms with Gasteiger partial charge in [0.1, 0.15) is 6.54 Å². The first-order valence-corrected chi connectivity index (χ1v) is 8.10. The second kappa shape index (κ2) is 6.67. The largest absolute Gasteiger partial charge is 0.480 e. The SMILES string of the molecule is CC(C)CN(CC(=O)O)S(=O)(=O)N1CCCC(C)C1. The second-order valence-corrected chi connectivity index (χ2v) is 7.62. The van der Waals surface area contributed by atoms with Crippen molar-refractivity contribution >= 4 is 16.2 Å². The lowest BCUT2D eigenvalue weighted by molar-refractivity contribution is -0.137. The molecule has 0 aliphatic carbocycles. The molecule has 19 heavy (non-hydrogen) atoms. The van der Waals surface area contributed by atoms with Crippen molar-refractivity contribution in [2.45, 2.75) is 33.6 Å². The third-order valence-electron chi connectivity index (χ3n) is 3.15. The van der Waals surface area contributed by atoms with Crippen LogP contribution in [0.1, 0.15) is 33.6 Å². The highest BCUT2D eigenvalue weighted by Gasteiger charge is 2.33. The van der Waals surface area contributed by atoms with Crippen LogP contribution in [0.25, 0.3) is 0 Å². The van der Waals surface area contributed by atoms with E-state index in [0.29, 0.717) is 19.0 Å². The molecule has 1 saturated heterocycles. The van der Waals surface area contributed by atoms with E-state index in [1.165, 1.54) is 4.31 Å². The van der Waals surface area contributed by atoms with Crippen LogP contribution >= 0.6 is 0 Å². The standard InChI is InChI=1S/C12H24N2O4S/c1-10(2)7-14(9-12(15)16)19(17,18)13-6-4-5-11(3)8-13/h10-11H,4-9H2,1-3H3,(H,15,16). The number of nitrogens with zero attached hydrogens (tertiary/aromatic N) is 2. The molecule has 0 aromatic rings. The molecule has 0 bridgehead atoms. The molecule has 6 nitrogen and oxygen atoms in total. The Labute approximate surface area is 115 Å². The Hall–Kier alpha value is -0.660. The minimum atomic E-state index is -3.66. The third-order valence-corrected chi connectivity index (χ3v) is 5.07. The fourth-order valence-electron chi connectivity index (χ4n) is 2.32. The molecule has 7 heteroatoms. The Morgan fingerprint density at radius 1 is 1.47 bits per heavy atom. The van der Waals surface area contributed by atoms with Crippen molar-refractivity contribution < 1.29 is 18.3 Å². The fourth-order valence-corrected chi connectivity index (χ4v) is 4.21. The maximum absolute atomic E-state index is 12.5. The van der Waals surface area contributed by atoms with Crippen molar-refractivity contribution in [3.8, 4) is 0 Å². The first-order chi connectivity index (χ1) is 8.73. The molecule has 0 aromatic heterocycles. The molecular weight excluding hydrogens is 268 g/mol. The van der Waals surface area contributed by atoms with Gasteiger partial charge in [-0.05, 0) is 24.7 Å². The molecule has 112 valence electrons. The minimum Gasteiger partial charge on any atom is -0.480 e. The highest BCUT2D eigenvalue weighted by Crippen LogP contribution is 2.21. The summed E-state index contributed by atoms with van der Waals surface area (Å²) in [7, 11) is -3.66. The summed E-state index contributed by atoms with van der Waals surface area (Å²) in [4.78, 5) is 10.9. The molecule has 1 aliphatic heterocycles. The Balaban J connectivity index is 2.87. The number of aliphatic carboxylic acids is 1. The summed E-state index contributed by atoms with van der Waals surface area (Å²) < 4.78 is 27.5. The summed E-state index contributed by atoms with van der Waals surface area (Å²) in [5.74, 6) is -0.695. The maximum Gasteiger partial charge on any atom is 0.318 e. The minimum absolute atomic E-state index is 0.0938. The molecule has 0 amide bonds. The molecule has 1 aliphatic rings. The van der Waals surface area contributed by atoms with E-state index < -0.39 is 22.7 Å². The van der Waals surface area contributed by atoms with Gasteiger partial charge in [-0.25, -0.2) is 0 Å². The van der Waals surface area contributed by atoms with E-state index in [9.17, 15) is 13.2 Å². The van der Waals surface area contributed by atoms with Crippen LogP contribution in [-0.2, 0) is 15.0 Å². The highest BCUT2D eigenvalue weighted by molar-refractivity contribution is 7.86. The fraction of sp³-hybridized carbons (Fsp3) is 0.917. The van der Waals surface area contributed by atoms with Gasteiger partial charge in [-0.3, -0.25) is 4.79 Å². The average Bonchev–Trinajstić information content (AvgIpc) is 2.26. The zero-order chi connectivity index (χ0) is 14.6. The van der Waals surface area contributed by atoms with E-state index in [4.69, 9.17) is 5.11 Å². The summed E-state index contributed by atoms with van der Waals surface area (Å²) in [5.41, 5.74) is 0. The lowest BCUT2D eigenvalue weighted by Crippen LogP contribution is -2.50. The number of hydrogen-bond acceptors (Lipinski definition) is 3. The molecule has 1 rings (SSSR count). The van der Waals surface area contributed by atoms with Crippen LogP contribution in [0, 0.1) is 11.8 Å². The lowest BCUT2D eigenvalue weighted by atomic mass is 10.0. The molecule has 1 atom stereocenters. The molecule has 1 fully saturated rings. The van der Waals surface area contributed by atoms with Crippen LogP contribution in [0.15, 0.2) is 0 Å². The summed E-state index contributed by atoms with van der Waals surface area (Å²) in [6.45, 7) is 6.51. The molecule has 0 spiro atoms. The number of hydrogen-bond donors (Lipinski definition) is 1. The van der Waals surface area contributed by atoms with Crippen molar-refractivity contribution in [3.05, 3.63) is 0 Å². The highest BCUT2D eigenvalue weighted by atomic mass is 32.2. The van der Waals surface area contributed by atoms with Gasteiger partial charge in [0, 0.05) is 19.6 Å². The number of rotatable bonds is 6. The smallest absolute Gasteiger partial charge is 0.318 e. The molecule has 1 heterocycles. The van der Waals surface area contributed by atoms with Crippen molar-refractivity contribution in [1.82, 2.24) is 8.61 Å². The monoisotopic (exact) mass is 292 g/mol. The Kier molecular flexibility index (Phi) is 5.76. The molecule has 1 unspecified atom stereocenters. The number of carbonyl (C=O) groups is 1. The van der Waals surface area contributed by atoms with Crippen LogP contribution in [0.5, 0.6) is 0 Å². The summed E-state index contributed by atoms with van der Waals surface area (Å²) in [5, 5.41) is 8.89. The van der Waals surface area contributed by atoms with Gasteiger partial charge >= 0.3 is 5.97 Å². The average molecular weight is 292 g/mol. The van der Waals surface area contributed by atoms with Crippen molar-refractivity contribution in [3.63, 3.8) is 0 Å². The van der Waals surface area contributed by atoms with Crippen LogP contribution in [0.3, 0.4) is 0 Å². The van der Waals surface area contributed by atoms with Crippen LogP contribution < -0.4 is 0 Å². The topological polar surface area (TPSA) is 77.9 Å². The van der Waals surface area contributed by atoms with Gasteiger partial charge in [0.15, 0.2) is 0 Å². The number of carboxylic acid groups (broad SMARTS) is 1. The molecular formula is C12H24N2O4S. The first-order valence-electron chi connectivity index (χ1n) is 6.70. The van der Waals surface area contributed by atoms with Gasteiger partial charge in [0.2, 0.25) is 0 Å². The molecule has 0 saturated carbocycles. The first kappa shape index (κ1) is 16.4. The summed E-state index contributed by atoms with van der Waals surface area (Å²) in [6.07, 6.45) is 1.86. The normalized spacial score (nSPS) is 22.1. The Morgan fingerprint density at radius 3 is 2.58 bits per heavy atom. The van der Waals surface area contributed by atoms with Gasteiger partial charge in [0.25, 0.3) is 10.2 Å². The van der Waals surface area contributed by atoms with Crippen molar-refractivity contribution in [2.75, 3.05) is 26.2 Å². The third kappa shape index (κ3) is 4.74. The summed E-state index contributed by atoms with van der Waals surface area (Å²) >= 11 is 0. The zero-order valence-corrected chi connectivity index (χ0v) is 12.7. The predicted molar refractivity (Wildman–Crippen MR) is 72.9 cm³/mol. The van der Waals surface area contributed by atoms with Gasteiger partial charge in [-0.2, -0.15) is 17.0 Å². The zero-order valence-electron chi connectivity index (χ0n) is 11.9. The van der Waals surface area contributed by atoms with E-state index >= 15 is 0 Å². The number of piperidine rings is 1. The Morgan fingerprint density at radius 2 is 2.11 bits per heavy atom. The van der Waals surface area contributed by atoms with Gasteiger partial charge in [0.05, 0.1) is 0 Å². The van der Waals surface area contributed by atoms with Crippen molar-refractivity contribution in [2.24, 2.45) is 11.8 Å². The van der Waals surface area contributed by atoms with E-state index in [-0.39, 0.29) is 12.5 Å². The molecule has 0 radical (unpaired) electrons. The Bertz CT molecular complexity index is 408. The van der Waals surface area contributed by atoms with Gasteiger partial charge in [-0.15, -0.1) is 0 Å².